The molecule has 2 amide bonds. The lowest BCUT2D eigenvalue weighted by molar-refractivity contribution is -0.132. The second-order valence-corrected chi connectivity index (χ2v) is 10.5. The maximum Gasteiger partial charge on any atom is 0.257 e. The van der Waals surface area contributed by atoms with Crippen LogP contribution in [0.25, 0.3) is 6.08 Å². The Morgan fingerprint density at radius 2 is 1.65 bits per heavy atom. The van der Waals surface area contributed by atoms with Crippen LogP contribution in [0.1, 0.15) is 23.7 Å². The first kappa shape index (κ1) is 28.4. The fourth-order valence-corrected chi connectivity index (χ4v) is 4.86. The maximum absolute atomic E-state index is 13.7. The van der Waals surface area contributed by atoms with Gasteiger partial charge < -0.3 is 4.90 Å². The normalized spacial score (nSPS) is 12.2. The van der Waals surface area contributed by atoms with Gasteiger partial charge in [-0.25, -0.2) is 22.2 Å². The molecule has 1 heterocycles. The molecule has 0 radical (unpaired) electrons. The number of hydrogen-bond acceptors (Lipinski definition) is 6. The van der Waals surface area contributed by atoms with E-state index in [4.69, 9.17) is 0 Å². The largest absolute Gasteiger partial charge is 0.312 e. The number of nitrogens with zero attached hydrogens (tertiary/aromatic N) is 4. The first-order valence-electron chi connectivity index (χ1n) is 12.5. The average molecular weight is 562 g/mol. The van der Waals surface area contributed by atoms with Crippen molar-refractivity contribution in [2.45, 2.75) is 19.9 Å². The molecule has 0 aliphatic rings. The molecule has 1 N–H and O–H groups in total. The summed E-state index contributed by atoms with van der Waals surface area (Å²) in [4.78, 5) is 28.3. The van der Waals surface area contributed by atoms with E-state index in [1.807, 2.05) is 35.1 Å². The van der Waals surface area contributed by atoms with Crippen LogP contribution in [0.2, 0.25) is 0 Å². The van der Waals surface area contributed by atoms with E-state index >= 15 is 0 Å². The van der Waals surface area contributed by atoms with E-state index in [0.717, 1.165) is 11.0 Å². The van der Waals surface area contributed by atoms with Crippen LogP contribution in [0.15, 0.2) is 96.5 Å². The summed E-state index contributed by atoms with van der Waals surface area (Å²) in [5.74, 6) is -3.60. The number of hydrogen-bond donors (Lipinski definition) is 1. The highest BCUT2D eigenvalue weighted by molar-refractivity contribution is 7.93. The maximum atomic E-state index is 13.7. The number of carbonyl (C=O) groups excluding carboxylic acids is 2. The van der Waals surface area contributed by atoms with Gasteiger partial charge in [-0.1, -0.05) is 65.9 Å². The zero-order chi connectivity index (χ0) is 28.5. The fraction of sp³-hybridized carbons (Fsp3) is 0.172. The van der Waals surface area contributed by atoms with Crippen LogP contribution >= 0.6 is 0 Å². The van der Waals surface area contributed by atoms with Gasteiger partial charge in [-0.2, -0.15) is 0 Å². The van der Waals surface area contributed by atoms with Crippen molar-refractivity contribution in [1.82, 2.24) is 19.7 Å². The monoisotopic (exact) mass is 561 g/mol. The highest BCUT2D eigenvalue weighted by atomic mass is 32.2. The predicted molar refractivity (Wildman–Crippen MR) is 150 cm³/mol. The fourth-order valence-electron chi connectivity index (χ4n) is 4.03. The molecule has 0 bridgehead atoms. The molecule has 0 aliphatic heterocycles. The van der Waals surface area contributed by atoms with E-state index in [0.29, 0.717) is 23.5 Å². The molecule has 1 aromatic heterocycles. The highest BCUT2D eigenvalue weighted by Crippen LogP contribution is 2.20. The van der Waals surface area contributed by atoms with Gasteiger partial charge in [-0.3, -0.25) is 9.59 Å². The molecule has 40 heavy (non-hydrogen) atoms. The lowest BCUT2D eigenvalue weighted by Crippen LogP contribution is -2.46. The van der Waals surface area contributed by atoms with E-state index in [-0.39, 0.29) is 13.0 Å². The first-order chi connectivity index (χ1) is 19.2. The Labute approximate surface area is 232 Å². The number of benzene rings is 3. The second kappa shape index (κ2) is 12.9. The van der Waals surface area contributed by atoms with E-state index in [2.05, 4.69) is 10.3 Å². The number of aromatic nitrogens is 3. The molecule has 0 aliphatic carbocycles. The molecular weight excluding hydrogens is 533 g/mol. The summed E-state index contributed by atoms with van der Waals surface area (Å²) in [5, 5.41) is 9.07. The zero-order valence-electron chi connectivity index (χ0n) is 21.7. The Morgan fingerprint density at radius 1 is 1.00 bits per heavy atom. The smallest absolute Gasteiger partial charge is 0.257 e. The van der Waals surface area contributed by atoms with Crippen LogP contribution in [0, 0.1) is 11.7 Å². The quantitative estimate of drug-likeness (QED) is 0.279. The van der Waals surface area contributed by atoms with Crippen molar-refractivity contribution in [3.8, 4) is 0 Å². The molecular formula is C29H28FN5O4S. The third-order valence-corrected chi connectivity index (χ3v) is 6.98. The van der Waals surface area contributed by atoms with Gasteiger partial charge in [-0.05, 0) is 48.4 Å². The molecule has 206 valence electrons. The van der Waals surface area contributed by atoms with Crippen molar-refractivity contribution in [2.75, 3.05) is 11.4 Å². The predicted octanol–water partition coefficient (Wildman–Crippen LogP) is 3.79. The van der Waals surface area contributed by atoms with Crippen molar-refractivity contribution in [1.29, 1.82) is 0 Å². The average Bonchev–Trinajstić information content (AvgIpc) is 3.39. The van der Waals surface area contributed by atoms with Gasteiger partial charge in [0, 0.05) is 24.8 Å². The number of sulfonamides is 1. The summed E-state index contributed by atoms with van der Waals surface area (Å²) in [6.45, 7) is 2.29. The SMILES string of the molecule is CCN(C(=O)C(Cc1cn(Cc2ccccc2)nn1)C(=O)NS(=O)(=O)C=Cc1ccccc1)c1ccc(F)cc1. The van der Waals surface area contributed by atoms with Crippen molar-refractivity contribution in [3.05, 3.63) is 119 Å². The topological polar surface area (TPSA) is 114 Å². The van der Waals surface area contributed by atoms with E-state index < -0.39 is 33.6 Å². The lowest BCUT2D eigenvalue weighted by atomic mass is 10.0. The molecule has 4 aromatic rings. The van der Waals surface area contributed by atoms with Gasteiger partial charge in [0.2, 0.25) is 11.8 Å². The summed E-state index contributed by atoms with van der Waals surface area (Å²) in [5.41, 5.74) is 2.30. The number of halogens is 1. The molecule has 11 heteroatoms. The zero-order valence-corrected chi connectivity index (χ0v) is 22.5. The van der Waals surface area contributed by atoms with E-state index in [1.165, 1.54) is 35.2 Å². The van der Waals surface area contributed by atoms with Crippen LogP contribution < -0.4 is 9.62 Å². The molecule has 1 atom stereocenters. The molecule has 9 nitrogen and oxygen atoms in total. The summed E-state index contributed by atoms with van der Waals surface area (Å²) >= 11 is 0. The van der Waals surface area contributed by atoms with Crippen LogP contribution in [-0.2, 0) is 32.6 Å². The number of carbonyl (C=O) groups is 2. The van der Waals surface area contributed by atoms with E-state index in [1.54, 1.807) is 48.1 Å². The Bertz CT molecular complexity index is 1570. The minimum Gasteiger partial charge on any atom is -0.312 e. The Morgan fingerprint density at radius 3 is 2.30 bits per heavy atom. The highest BCUT2D eigenvalue weighted by Gasteiger charge is 2.34. The number of rotatable bonds is 11. The lowest BCUT2D eigenvalue weighted by Gasteiger charge is -2.25. The summed E-state index contributed by atoms with van der Waals surface area (Å²) in [6.07, 6.45) is 2.76. The Hall–Kier alpha value is -4.64. The van der Waals surface area contributed by atoms with E-state index in [9.17, 15) is 22.4 Å². The van der Waals surface area contributed by atoms with Crippen LogP contribution in [-0.4, -0.2) is 41.8 Å². The molecule has 0 spiro atoms. The summed E-state index contributed by atoms with van der Waals surface area (Å²) < 4.78 is 42.5. The molecule has 4 rings (SSSR count). The standard InChI is InChI=1S/C29H28FN5O4S/c1-2-35(26-15-13-24(30)14-16-26)29(37)27(19-25-21-34(33-31-25)20-23-11-7-4-8-12-23)28(36)32-40(38,39)18-17-22-9-5-3-6-10-22/h3-18,21,27H,2,19-20H2,1H3,(H,32,36). The first-order valence-corrected chi connectivity index (χ1v) is 14.1. The van der Waals surface area contributed by atoms with Gasteiger partial charge >= 0.3 is 0 Å². The Balaban J connectivity index is 1.58. The minimum absolute atomic E-state index is 0.162. The molecule has 3 aromatic carbocycles. The second-order valence-electron chi connectivity index (χ2n) is 8.93. The van der Waals surface area contributed by atoms with Gasteiger partial charge in [0.15, 0.2) is 0 Å². The van der Waals surface area contributed by atoms with Gasteiger partial charge in [0.25, 0.3) is 10.0 Å². The van der Waals surface area contributed by atoms with Gasteiger partial charge in [-0.15, -0.1) is 5.10 Å². The van der Waals surface area contributed by atoms with Gasteiger partial charge in [0.05, 0.1) is 17.6 Å². The molecule has 0 saturated carbocycles. The van der Waals surface area contributed by atoms with Gasteiger partial charge in [0.1, 0.15) is 11.7 Å². The van der Waals surface area contributed by atoms with Crippen LogP contribution in [0.4, 0.5) is 10.1 Å². The number of amides is 2. The molecule has 0 saturated heterocycles. The number of nitrogens with one attached hydrogen (secondary N) is 1. The van der Waals surface area contributed by atoms with Crippen molar-refractivity contribution >= 4 is 33.6 Å². The third-order valence-electron chi connectivity index (χ3n) is 6.00. The van der Waals surface area contributed by atoms with Crippen LogP contribution in [0.5, 0.6) is 0 Å². The summed E-state index contributed by atoms with van der Waals surface area (Å²) in [6, 6.07) is 23.5. The van der Waals surface area contributed by atoms with Crippen LogP contribution in [0.3, 0.4) is 0 Å². The minimum atomic E-state index is -4.23. The summed E-state index contributed by atoms with van der Waals surface area (Å²) in [7, 11) is -4.23. The number of anilines is 1. The molecule has 1 unspecified atom stereocenters. The van der Waals surface area contributed by atoms with Crippen molar-refractivity contribution < 1.29 is 22.4 Å². The third kappa shape index (κ3) is 7.70. The van der Waals surface area contributed by atoms with Crippen molar-refractivity contribution in [2.24, 2.45) is 5.92 Å². The van der Waals surface area contributed by atoms with Crippen molar-refractivity contribution in [3.63, 3.8) is 0 Å². The Kier molecular flexibility index (Phi) is 9.18. The molecule has 0 fully saturated rings.